The standard InChI is InChI=1S/C5H10FN/c1-2-5(3-6)4-7/h3H,2,4,7H2,1H3/b5-3-. The molecule has 0 bridgehead atoms. The summed E-state index contributed by atoms with van der Waals surface area (Å²) >= 11 is 0. The van der Waals surface area contributed by atoms with E-state index in [0.717, 1.165) is 0 Å². The average Bonchev–Trinajstić information content (AvgIpc) is 1.72. The van der Waals surface area contributed by atoms with Crippen molar-refractivity contribution in [2.24, 2.45) is 5.73 Å². The lowest BCUT2D eigenvalue weighted by Gasteiger charge is -1.91. The second kappa shape index (κ2) is 3.81. The topological polar surface area (TPSA) is 26.0 Å². The summed E-state index contributed by atoms with van der Waals surface area (Å²) in [5, 5.41) is 0. The summed E-state index contributed by atoms with van der Waals surface area (Å²) in [6.07, 6.45) is 1.28. The van der Waals surface area contributed by atoms with Crippen LogP contribution in [0.1, 0.15) is 13.3 Å². The first-order valence-corrected chi connectivity index (χ1v) is 2.33. The summed E-state index contributed by atoms with van der Waals surface area (Å²) in [6.45, 7) is 2.21. The van der Waals surface area contributed by atoms with Gasteiger partial charge in [0.05, 0.1) is 6.33 Å². The maximum Gasteiger partial charge on any atom is 0.0871 e. The van der Waals surface area contributed by atoms with Crippen LogP contribution >= 0.6 is 0 Å². The molecule has 0 aliphatic rings. The molecule has 0 aliphatic heterocycles. The molecule has 0 spiro atoms. The minimum Gasteiger partial charge on any atom is -0.327 e. The van der Waals surface area contributed by atoms with E-state index < -0.39 is 0 Å². The van der Waals surface area contributed by atoms with E-state index in [4.69, 9.17) is 5.73 Å². The molecule has 2 heteroatoms. The number of hydrogen-bond donors (Lipinski definition) is 1. The van der Waals surface area contributed by atoms with E-state index in [9.17, 15) is 4.39 Å². The summed E-state index contributed by atoms with van der Waals surface area (Å²) in [5.41, 5.74) is 5.75. The lowest BCUT2D eigenvalue weighted by atomic mass is 10.2. The molecule has 0 aromatic carbocycles. The molecule has 0 unspecified atom stereocenters. The molecular weight excluding hydrogens is 93.1 g/mol. The fourth-order valence-electron chi connectivity index (χ4n) is 0.266. The van der Waals surface area contributed by atoms with Crippen LogP contribution < -0.4 is 5.73 Å². The van der Waals surface area contributed by atoms with Crippen LogP contribution in [0.25, 0.3) is 0 Å². The molecule has 2 N–H and O–H groups in total. The number of halogens is 1. The molecule has 0 aromatic rings. The zero-order valence-corrected chi connectivity index (χ0v) is 4.45. The summed E-state index contributed by atoms with van der Waals surface area (Å²) in [5.74, 6) is 0. The molecule has 0 saturated carbocycles. The van der Waals surface area contributed by atoms with Crippen LogP contribution in [-0.4, -0.2) is 6.54 Å². The third-order valence-electron chi connectivity index (χ3n) is 0.871. The monoisotopic (exact) mass is 103 g/mol. The molecule has 0 aliphatic carbocycles. The minimum atomic E-state index is 0.340. The van der Waals surface area contributed by atoms with Crippen molar-refractivity contribution < 1.29 is 4.39 Å². The van der Waals surface area contributed by atoms with Gasteiger partial charge in [-0.2, -0.15) is 0 Å². The Hall–Kier alpha value is -0.370. The van der Waals surface area contributed by atoms with E-state index >= 15 is 0 Å². The lowest BCUT2D eigenvalue weighted by molar-refractivity contribution is 0.698. The highest BCUT2D eigenvalue weighted by molar-refractivity contribution is 4.97. The van der Waals surface area contributed by atoms with Gasteiger partial charge in [0.1, 0.15) is 0 Å². The van der Waals surface area contributed by atoms with Crippen LogP contribution in [-0.2, 0) is 0 Å². The molecule has 0 fully saturated rings. The highest BCUT2D eigenvalue weighted by atomic mass is 19.1. The third kappa shape index (κ3) is 2.34. The Morgan fingerprint density at radius 3 is 2.43 bits per heavy atom. The van der Waals surface area contributed by atoms with Crippen LogP contribution in [0.5, 0.6) is 0 Å². The van der Waals surface area contributed by atoms with E-state index in [2.05, 4.69) is 0 Å². The van der Waals surface area contributed by atoms with Crippen LogP contribution in [0.2, 0.25) is 0 Å². The normalized spacial score (nSPS) is 12.1. The number of nitrogens with two attached hydrogens (primary N) is 1. The van der Waals surface area contributed by atoms with Gasteiger partial charge in [-0.25, -0.2) is 4.39 Å². The maximum atomic E-state index is 11.4. The van der Waals surface area contributed by atoms with Crippen molar-refractivity contribution in [1.29, 1.82) is 0 Å². The lowest BCUT2D eigenvalue weighted by Crippen LogP contribution is -2.00. The van der Waals surface area contributed by atoms with Gasteiger partial charge in [-0.05, 0) is 12.0 Å². The zero-order valence-electron chi connectivity index (χ0n) is 4.45. The van der Waals surface area contributed by atoms with Crippen LogP contribution in [0.4, 0.5) is 4.39 Å². The van der Waals surface area contributed by atoms with E-state index in [-0.39, 0.29) is 0 Å². The Labute approximate surface area is 43.0 Å². The van der Waals surface area contributed by atoms with Gasteiger partial charge in [0.25, 0.3) is 0 Å². The van der Waals surface area contributed by atoms with Gasteiger partial charge >= 0.3 is 0 Å². The van der Waals surface area contributed by atoms with Crippen molar-refractivity contribution in [2.75, 3.05) is 6.54 Å². The first-order valence-electron chi connectivity index (χ1n) is 2.33. The average molecular weight is 103 g/mol. The summed E-state index contributed by atoms with van der Waals surface area (Å²) in [4.78, 5) is 0. The zero-order chi connectivity index (χ0) is 5.70. The number of rotatable bonds is 2. The molecule has 0 aromatic heterocycles. The molecule has 0 rings (SSSR count). The molecule has 0 saturated heterocycles. The summed E-state index contributed by atoms with van der Waals surface area (Å²) in [6, 6.07) is 0. The van der Waals surface area contributed by atoms with Crippen molar-refractivity contribution in [3.8, 4) is 0 Å². The van der Waals surface area contributed by atoms with Gasteiger partial charge in [0.15, 0.2) is 0 Å². The fraction of sp³-hybridized carbons (Fsp3) is 0.600. The SMILES string of the molecule is CC/C(=C/F)CN. The minimum absolute atomic E-state index is 0.340. The van der Waals surface area contributed by atoms with Gasteiger partial charge in [-0.15, -0.1) is 0 Å². The molecule has 0 radical (unpaired) electrons. The van der Waals surface area contributed by atoms with Gasteiger partial charge in [0, 0.05) is 6.54 Å². The quantitative estimate of drug-likeness (QED) is 0.558. The summed E-state index contributed by atoms with van der Waals surface area (Å²) < 4.78 is 11.4. The smallest absolute Gasteiger partial charge is 0.0871 e. The summed E-state index contributed by atoms with van der Waals surface area (Å²) in [7, 11) is 0. The highest BCUT2D eigenvalue weighted by Crippen LogP contribution is 1.95. The molecule has 7 heavy (non-hydrogen) atoms. The van der Waals surface area contributed by atoms with Crippen molar-refractivity contribution in [3.05, 3.63) is 11.9 Å². The molecule has 0 atom stereocenters. The van der Waals surface area contributed by atoms with Crippen molar-refractivity contribution >= 4 is 0 Å². The van der Waals surface area contributed by atoms with Crippen molar-refractivity contribution in [1.82, 2.24) is 0 Å². The van der Waals surface area contributed by atoms with Gasteiger partial charge in [-0.1, -0.05) is 6.92 Å². The van der Waals surface area contributed by atoms with Gasteiger partial charge in [0.2, 0.25) is 0 Å². The molecule has 42 valence electrons. The Morgan fingerprint density at radius 1 is 1.86 bits per heavy atom. The van der Waals surface area contributed by atoms with E-state index in [1.54, 1.807) is 0 Å². The second-order valence-electron chi connectivity index (χ2n) is 1.33. The predicted molar refractivity (Wildman–Crippen MR) is 28.5 cm³/mol. The first kappa shape index (κ1) is 6.63. The second-order valence-corrected chi connectivity index (χ2v) is 1.33. The van der Waals surface area contributed by atoms with Gasteiger partial charge in [-0.3, -0.25) is 0 Å². The Kier molecular flexibility index (Phi) is 3.61. The Balaban J connectivity index is 3.38. The van der Waals surface area contributed by atoms with E-state index in [0.29, 0.717) is 24.9 Å². The van der Waals surface area contributed by atoms with Crippen LogP contribution in [0.15, 0.2) is 11.9 Å². The van der Waals surface area contributed by atoms with E-state index in [1.807, 2.05) is 6.92 Å². The van der Waals surface area contributed by atoms with Crippen LogP contribution in [0, 0.1) is 0 Å². The van der Waals surface area contributed by atoms with Crippen LogP contribution in [0.3, 0.4) is 0 Å². The molecule has 0 heterocycles. The highest BCUT2D eigenvalue weighted by Gasteiger charge is 1.84. The van der Waals surface area contributed by atoms with Gasteiger partial charge < -0.3 is 5.73 Å². The third-order valence-corrected chi connectivity index (χ3v) is 0.871. The Morgan fingerprint density at radius 2 is 2.43 bits per heavy atom. The van der Waals surface area contributed by atoms with E-state index in [1.165, 1.54) is 0 Å². The number of hydrogen-bond acceptors (Lipinski definition) is 1. The molecule has 1 nitrogen and oxygen atoms in total. The predicted octanol–water partition coefficient (Wildman–Crippen LogP) is 1.21. The maximum absolute atomic E-state index is 11.4. The Bertz CT molecular complexity index is 62.5. The van der Waals surface area contributed by atoms with Crippen molar-refractivity contribution in [2.45, 2.75) is 13.3 Å². The van der Waals surface area contributed by atoms with Crippen molar-refractivity contribution in [3.63, 3.8) is 0 Å². The fourth-order valence-corrected chi connectivity index (χ4v) is 0.266. The largest absolute Gasteiger partial charge is 0.327 e. The first-order chi connectivity index (χ1) is 3.35. The molecule has 0 amide bonds. The molecular formula is C5H10FN.